The molecule has 1 heterocycles. The summed E-state index contributed by atoms with van der Waals surface area (Å²) in [6.07, 6.45) is 4.70. The van der Waals surface area contributed by atoms with Crippen molar-refractivity contribution in [2.24, 2.45) is 0 Å². The van der Waals surface area contributed by atoms with E-state index >= 15 is 0 Å². The number of nitrogens with one attached hydrogen (secondary N) is 1. The Balaban J connectivity index is 2.35. The Morgan fingerprint density at radius 2 is 2.31 bits per heavy atom. The van der Waals surface area contributed by atoms with E-state index in [-0.39, 0.29) is 6.61 Å². The first-order valence-electron chi connectivity index (χ1n) is 5.67. The van der Waals surface area contributed by atoms with Crippen LogP contribution in [-0.2, 0) is 6.54 Å². The normalized spacial score (nSPS) is 11.8. The second kappa shape index (κ2) is 7.14. The summed E-state index contributed by atoms with van der Waals surface area (Å²) < 4.78 is 0. The lowest BCUT2D eigenvalue weighted by molar-refractivity contribution is 0.341. The van der Waals surface area contributed by atoms with E-state index in [0.29, 0.717) is 0 Å². The van der Waals surface area contributed by atoms with Crippen LogP contribution < -0.4 is 5.32 Å². The zero-order valence-electron chi connectivity index (χ0n) is 10.0. The highest BCUT2D eigenvalue weighted by Gasteiger charge is 1.96. The predicted octanol–water partition coefficient (Wildman–Crippen LogP) is 1.81. The van der Waals surface area contributed by atoms with Crippen LogP contribution in [0.5, 0.6) is 0 Å². The molecule has 0 atom stereocenters. The second-order valence-corrected chi connectivity index (χ2v) is 3.83. The fourth-order valence-electron chi connectivity index (χ4n) is 1.42. The maximum Gasteiger partial charge on any atom is 0.0615 e. The van der Waals surface area contributed by atoms with E-state index in [1.165, 1.54) is 11.1 Å². The summed E-state index contributed by atoms with van der Waals surface area (Å²) >= 11 is 0. The summed E-state index contributed by atoms with van der Waals surface area (Å²) in [6, 6.07) is 4.10. The van der Waals surface area contributed by atoms with Crippen LogP contribution in [0.3, 0.4) is 0 Å². The number of rotatable bonds is 6. The summed E-state index contributed by atoms with van der Waals surface area (Å²) in [6.45, 7) is 5.82. The van der Waals surface area contributed by atoms with Crippen molar-refractivity contribution in [2.75, 3.05) is 13.2 Å². The van der Waals surface area contributed by atoms with Crippen molar-refractivity contribution in [2.45, 2.75) is 26.8 Å². The average Bonchev–Trinajstić information content (AvgIpc) is 2.30. The average molecular weight is 220 g/mol. The maximum atomic E-state index is 8.80. The molecule has 0 saturated heterocycles. The van der Waals surface area contributed by atoms with Gasteiger partial charge in [-0.15, -0.1) is 0 Å². The topological polar surface area (TPSA) is 45.1 Å². The number of aliphatic hydroxyl groups excluding tert-OH is 1. The van der Waals surface area contributed by atoms with E-state index in [1.807, 2.05) is 25.3 Å². The van der Waals surface area contributed by atoms with Gasteiger partial charge in [0.05, 0.1) is 12.3 Å². The molecule has 0 saturated carbocycles. The van der Waals surface area contributed by atoms with Crippen molar-refractivity contribution < 1.29 is 5.11 Å². The van der Waals surface area contributed by atoms with Crippen molar-refractivity contribution >= 4 is 0 Å². The van der Waals surface area contributed by atoms with Gasteiger partial charge >= 0.3 is 0 Å². The zero-order chi connectivity index (χ0) is 11.8. The van der Waals surface area contributed by atoms with E-state index in [1.54, 1.807) is 0 Å². The van der Waals surface area contributed by atoms with Gasteiger partial charge in [0, 0.05) is 19.3 Å². The number of nitrogens with zero attached hydrogens (tertiary/aromatic N) is 1. The smallest absolute Gasteiger partial charge is 0.0615 e. The van der Waals surface area contributed by atoms with Gasteiger partial charge < -0.3 is 10.4 Å². The van der Waals surface area contributed by atoms with Gasteiger partial charge in [0.15, 0.2) is 0 Å². The lowest BCUT2D eigenvalue weighted by Crippen LogP contribution is -2.17. The third kappa shape index (κ3) is 4.55. The molecular weight excluding hydrogens is 200 g/mol. The largest absolute Gasteiger partial charge is 0.392 e. The first-order chi connectivity index (χ1) is 7.76. The third-order valence-electron chi connectivity index (χ3n) is 2.46. The molecule has 0 aliphatic carbocycles. The van der Waals surface area contributed by atoms with Gasteiger partial charge in [-0.1, -0.05) is 24.6 Å². The molecule has 3 nitrogen and oxygen atoms in total. The molecule has 1 aromatic rings. The molecule has 0 spiro atoms. The maximum absolute atomic E-state index is 8.80. The Morgan fingerprint density at radius 3 is 2.88 bits per heavy atom. The molecule has 0 radical (unpaired) electrons. The highest BCUT2D eigenvalue weighted by molar-refractivity contribution is 5.12. The summed E-state index contributed by atoms with van der Waals surface area (Å²) in [7, 11) is 0. The van der Waals surface area contributed by atoms with Gasteiger partial charge in [-0.05, 0) is 25.0 Å². The number of aromatic nitrogens is 1. The molecule has 1 rings (SSSR count). The van der Waals surface area contributed by atoms with Gasteiger partial charge in [-0.2, -0.15) is 0 Å². The molecule has 0 amide bonds. The standard InChI is InChI=1S/C13H20N2O/c1-3-12(6-7-16)9-14-10-13-5-4-11(2)8-15-13/h4-6,8,14,16H,3,7,9-10H2,1-2H3/b12-6-. The molecule has 0 bridgehead atoms. The molecule has 0 aliphatic heterocycles. The minimum absolute atomic E-state index is 0.119. The van der Waals surface area contributed by atoms with E-state index in [2.05, 4.69) is 23.3 Å². The second-order valence-electron chi connectivity index (χ2n) is 3.83. The van der Waals surface area contributed by atoms with E-state index < -0.39 is 0 Å². The van der Waals surface area contributed by atoms with Crippen LogP contribution in [0, 0.1) is 6.92 Å². The molecular formula is C13H20N2O. The number of aryl methyl sites for hydroxylation is 1. The van der Waals surface area contributed by atoms with Crippen molar-refractivity contribution in [3.05, 3.63) is 41.2 Å². The fraction of sp³-hybridized carbons (Fsp3) is 0.462. The number of aliphatic hydroxyl groups is 1. The van der Waals surface area contributed by atoms with Crippen LogP contribution in [-0.4, -0.2) is 23.2 Å². The SMILES string of the molecule is CC/C(=C/CO)CNCc1ccc(C)cn1. The molecule has 0 aromatic carbocycles. The first-order valence-corrected chi connectivity index (χ1v) is 5.67. The summed E-state index contributed by atoms with van der Waals surface area (Å²) in [5, 5.41) is 12.1. The lowest BCUT2D eigenvalue weighted by Gasteiger charge is -2.06. The van der Waals surface area contributed by atoms with Crippen molar-refractivity contribution in [1.82, 2.24) is 10.3 Å². The molecule has 2 N–H and O–H groups in total. The molecule has 0 aliphatic rings. The minimum atomic E-state index is 0.119. The van der Waals surface area contributed by atoms with Crippen molar-refractivity contribution in [3.63, 3.8) is 0 Å². The molecule has 0 unspecified atom stereocenters. The molecule has 88 valence electrons. The van der Waals surface area contributed by atoms with Gasteiger partial charge in [-0.25, -0.2) is 0 Å². The Bertz CT molecular complexity index is 330. The highest BCUT2D eigenvalue weighted by Crippen LogP contribution is 2.00. The van der Waals surface area contributed by atoms with Gasteiger partial charge in [0.25, 0.3) is 0 Å². The monoisotopic (exact) mass is 220 g/mol. The number of pyridine rings is 1. The quantitative estimate of drug-likeness (QED) is 0.719. The number of hydrogen-bond acceptors (Lipinski definition) is 3. The summed E-state index contributed by atoms with van der Waals surface area (Å²) in [5.74, 6) is 0. The van der Waals surface area contributed by atoms with E-state index in [0.717, 1.165) is 25.2 Å². The van der Waals surface area contributed by atoms with Gasteiger partial charge in [-0.3, -0.25) is 4.98 Å². The summed E-state index contributed by atoms with van der Waals surface area (Å²) in [4.78, 5) is 4.32. The van der Waals surface area contributed by atoms with Crippen molar-refractivity contribution in [1.29, 1.82) is 0 Å². The summed E-state index contributed by atoms with van der Waals surface area (Å²) in [5.41, 5.74) is 3.46. The fourth-order valence-corrected chi connectivity index (χ4v) is 1.42. The molecule has 0 fully saturated rings. The van der Waals surface area contributed by atoms with Crippen LogP contribution in [0.15, 0.2) is 30.0 Å². The van der Waals surface area contributed by atoms with Gasteiger partial charge in [0.2, 0.25) is 0 Å². The first kappa shape index (κ1) is 12.9. The Kier molecular flexibility index (Phi) is 5.75. The number of hydrogen-bond donors (Lipinski definition) is 2. The van der Waals surface area contributed by atoms with Gasteiger partial charge in [0.1, 0.15) is 0 Å². The van der Waals surface area contributed by atoms with Crippen molar-refractivity contribution in [3.8, 4) is 0 Å². The molecule has 1 aromatic heterocycles. The van der Waals surface area contributed by atoms with Crippen LogP contribution in [0.2, 0.25) is 0 Å². The predicted molar refractivity (Wildman–Crippen MR) is 66.1 cm³/mol. The van der Waals surface area contributed by atoms with Crippen LogP contribution >= 0.6 is 0 Å². The van der Waals surface area contributed by atoms with E-state index in [9.17, 15) is 0 Å². The minimum Gasteiger partial charge on any atom is -0.392 e. The molecule has 16 heavy (non-hydrogen) atoms. The Hall–Kier alpha value is -1.19. The van der Waals surface area contributed by atoms with Crippen LogP contribution in [0.1, 0.15) is 24.6 Å². The third-order valence-corrected chi connectivity index (χ3v) is 2.46. The van der Waals surface area contributed by atoms with Crippen LogP contribution in [0.4, 0.5) is 0 Å². The lowest BCUT2D eigenvalue weighted by atomic mass is 10.2. The Morgan fingerprint density at radius 1 is 1.50 bits per heavy atom. The van der Waals surface area contributed by atoms with Crippen LogP contribution in [0.25, 0.3) is 0 Å². The van der Waals surface area contributed by atoms with E-state index in [4.69, 9.17) is 5.11 Å². The molecule has 3 heteroatoms. The Labute approximate surface area is 97.2 Å². The zero-order valence-corrected chi connectivity index (χ0v) is 10.0. The highest BCUT2D eigenvalue weighted by atomic mass is 16.2.